The summed E-state index contributed by atoms with van der Waals surface area (Å²) >= 11 is 0. The summed E-state index contributed by atoms with van der Waals surface area (Å²) in [7, 11) is 1.32. The number of likely N-dealkylation sites (N-methyl/N-ethyl adjacent to an activating group) is 1. The first-order valence-electron chi connectivity index (χ1n) is 26.5. The number of nitrogens with one attached hydrogen (secondary N) is 7. The lowest BCUT2D eigenvalue weighted by Gasteiger charge is -2.32. The molecule has 0 aromatic heterocycles. The van der Waals surface area contributed by atoms with Gasteiger partial charge in [-0.2, -0.15) is 0 Å². The number of rotatable bonds is 23. The molecule has 0 spiro atoms. The molecule has 81 heavy (non-hydrogen) atoms. The molecule has 3 aromatic rings. The Morgan fingerprint density at radius 3 is 1.98 bits per heavy atom. The molecule has 5 rings (SSSR count). The zero-order chi connectivity index (χ0) is 59.2. The van der Waals surface area contributed by atoms with E-state index >= 15 is 0 Å². The van der Waals surface area contributed by atoms with Gasteiger partial charge in [-0.15, -0.1) is 0 Å². The second-order valence-corrected chi connectivity index (χ2v) is 19.8. The fraction of sp³-hybridized carbons (Fsp3) is 0.444. The topological polar surface area (TPSA) is 441 Å². The smallest absolute Gasteiger partial charge is 0.246 e. The zero-order valence-electron chi connectivity index (χ0n) is 45.0. The number of phenolic OH excluding ortho intramolecular Hbond substituents is 1. The molecule has 3 aromatic carbocycles. The number of benzene rings is 3. The molecule has 8 atom stereocenters. The highest BCUT2D eigenvalue weighted by Crippen LogP contribution is 2.21. The molecule has 436 valence electrons. The average Bonchev–Trinajstić information content (AvgIpc) is 3.94. The van der Waals surface area contributed by atoms with Gasteiger partial charge in [0.2, 0.25) is 65.0 Å². The number of likely N-dealkylation sites (tertiary alicyclic amines) is 1. The van der Waals surface area contributed by atoms with Crippen LogP contribution in [-0.4, -0.2) is 167 Å². The summed E-state index contributed by atoms with van der Waals surface area (Å²) in [6.07, 6.45) is -1.36. The molecule has 2 saturated heterocycles. The number of nitrogens with two attached hydrogens (primary N) is 5. The van der Waals surface area contributed by atoms with Crippen molar-refractivity contribution >= 4 is 70.9 Å². The van der Waals surface area contributed by atoms with Crippen LogP contribution in [0.5, 0.6) is 5.75 Å². The van der Waals surface area contributed by atoms with E-state index in [4.69, 9.17) is 28.7 Å². The summed E-state index contributed by atoms with van der Waals surface area (Å²) < 4.78 is 0. The lowest BCUT2D eigenvalue weighted by molar-refractivity contribution is -0.145. The molecular formula is C54H73N15O12. The molecule has 0 aliphatic carbocycles. The van der Waals surface area contributed by atoms with Gasteiger partial charge in [-0.3, -0.25) is 57.7 Å². The van der Waals surface area contributed by atoms with Crippen molar-refractivity contribution in [2.24, 2.45) is 33.7 Å². The number of nitrogens with zero attached hydrogens (tertiary/aromatic N) is 3. The summed E-state index contributed by atoms with van der Waals surface area (Å²) in [4.78, 5) is 157. The molecule has 0 bridgehead atoms. The van der Waals surface area contributed by atoms with Gasteiger partial charge in [-0.1, -0.05) is 72.8 Å². The second kappa shape index (κ2) is 30.9. The van der Waals surface area contributed by atoms with E-state index in [2.05, 4.69) is 42.2 Å². The minimum Gasteiger partial charge on any atom is -0.508 e. The monoisotopic (exact) mass is 1120 g/mol. The van der Waals surface area contributed by atoms with Crippen LogP contribution in [0.2, 0.25) is 0 Å². The van der Waals surface area contributed by atoms with Crippen molar-refractivity contribution in [2.75, 3.05) is 33.2 Å². The van der Waals surface area contributed by atoms with E-state index < -0.39 is 133 Å². The normalized spacial score (nSPS) is 19.5. The van der Waals surface area contributed by atoms with Crippen LogP contribution in [0.25, 0.3) is 0 Å². The third-order valence-corrected chi connectivity index (χ3v) is 13.6. The van der Waals surface area contributed by atoms with Crippen LogP contribution in [0.15, 0.2) is 89.9 Å². The second-order valence-electron chi connectivity index (χ2n) is 19.8. The van der Waals surface area contributed by atoms with Gasteiger partial charge in [0.25, 0.3) is 0 Å². The van der Waals surface area contributed by atoms with E-state index in [-0.39, 0.29) is 89.1 Å². The van der Waals surface area contributed by atoms with Crippen LogP contribution < -0.4 is 65.9 Å². The lowest BCUT2D eigenvalue weighted by atomic mass is 10.0. The van der Waals surface area contributed by atoms with Crippen LogP contribution in [0.4, 0.5) is 0 Å². The predicted octanol–water partition coefficient (Wildman–Crippen LogP) is -4.18. The largest absolute Gasteiger partial charge is 0.508 e. The first-order chi connectivity index (χ1) is 38.6. The van der Waals surface area contributed by atoms with E-state index in [1.54, 1.807) is 72.8 Å². The van der Waals surface area contributed by atoms with E-state index in [9.17, 15) is 57.8 Å². The zero-order valence-corrected chi connectivity index (χ0v) is 45.0. The van der Waals surface area contributed by atoms with E-state index in [0.717, 1.165) is 9.80 Å². The van der Waals surface area contributed by atoms with Crippen molar-refractivity contribution < 1.29 is 57.8 Å². The van der Waals surface area contributed by atoms with E-state index in [1.165, 1.54) is 19.2 Å². The van der Waals surface area contributed by atoms with Crippen molar-refractivity contribution in [3.05, 3.63) is 102 Å². The molecule has 27 heteroatoms. The molecular weight excluding hydrogens is 1050 g/mol. The minimum atomic E-state index is -1.66. The number of hydrogen-bond donors (Lipinski definition) is 13. The summed E-state index contributed by atoms with van der Waals surface area (Å²) in [6.45, 7) is -0.898. The van der Waals surface area contributed by atoms with Crippen molar-refractivity contribution in [3.8, 4) is 5.75 Å². The highest BCUT2D eigenvalue weighted by molar-refractivity contribution is 5.99. The minimum absolute atomic E-state index is 0.00656. The third-order valence-electron chi connectivity index (χ3n) is 13.6. The maximum atomic E-state index is 14.8. The summed E-state index contributed by atoms with van der Waals surface area (Å²) in [5.41, 5.74) is 30.2. The third kappa shape index (κ3) is 19.9. The summed E-state index contributed by atoms with van der Waals surface area (Å²) in [5, 5.41) is 27.8. The van der Waals surface area contributed by atoms with Gasteiger partial charge in [-0.05, 0) is 73.8 Å². The Balaban J connectivity index is 1.38. The SMILES string of the molecule is CN1C(=O)CNC(=O)[C@H](NC(=O)[C@@H](N)Cc2ccc(O)cc2)CCNC(=O)C[C@@H](C(=O)N2CCC[C@H]2C(=O)N[C@@H](CCC(N)=O)C(=O)N[C@@H](CCCN=C(N)N)C(=O)N[C@@H](Cc2ccccc2)C(N)=O)NC(=O)[C@@H]1Cc1ccccc1. The number of guanidine groups is 1. The number of carbonyl (C=O) groups excluding carboxylic acids is 11. The Labute approximate surface area is 467 Å². The fourth-order valence-electron chi connectivity index (χ4n) is 9.15. The van der Waals surface area contributed by atoms with Crippen molar-refractivity contribution in [1.82, 2.24) is 47.0 Å². The number of amides is 11. The number of hydrogen-bond acceptors (Lipinski definition) is 14. The van der Waals surface area contributed by atoms with Gasteiger partial charge < -0.3 is 80.8 Å². The molecule has 0 saturated carbocycles. The quantitative estimate of drug-likeness (QED) is 0.0243. The van der Waals surface area contributed by atoms with E-state index in [0.29, 0.717) is 16.7 Å². The molecule has 2 fully saturated rings. The van der Waals surface area contributed by atoms with Gasteiger partial charge in [0.15, 0.2) is 5.96 Å². The average molecular weight is 1120 g/mol. The van der Waals surface area contributed by atoms with Crippen LogP contribution >= 0.6 is 0 Å². The van der Waals surface area contributed by atoms with Gasteiger partial charge in [0, 0.05) is 45.9 Å². The van der Waals surface area contributed by atoms with Crippen molar-refractivity contribution in [1.29, 1.82) is 0 Å². The van der Waals surface area contributed by atoms with Crippen LogP contribution in [0.1, 0.15) is 68.1 Å². The van der Waals surface area contributed by atoms with Crippen molar-refractivity contribution in [2.45, 2.75) is 119 Å². The highest BCUT2D eigenvalue weighted by Gasteiger charge is 2.41. The Morgan fingerprint density at radius 2 is 1.35 bits per heavy atom. The van der Waals surface area contributed by atoms with Crippen LogP contribution in [-0.2, 0) is 72.0 Å². The number of aromatic hydroxyl groups is 1. The molecule has 2 aliphatic rings. The molecule has 2 aliphatic heterocycles. The molecule has 2 heterocycles. The maximum absolute atomic E-state index is 14.8. The standard InChI is InChI=1S/C54H73N15O12/c1-68-42(28-32-12-6-3-7-13-32)52(80)67-40(29-44(72)60-24-22-38(48(76)62-30-45(68)73)63-47(75)35(55)26-33-16-18-34(70)19-17-33)53(81)69-25-9-15-41(69)51(79)65-37(20-21-43(56)71)50(78)64-36(14-8-23-61-54(58)59)49(77)66-39(46(57)74)27-31-10-4-2-5-11-31/h2-7,10-13,16-19,35-42,70H,8-9,14-15,20-30,55H2,1H3,(H2,56,71)(H2,57,74)(H,60,72)(H,62,76)(H,63,75)(H,64,78)(H,65,79)(H,66,77)(H,67,80)(H4,58,59,61)/t35-,36-,37-,38+,39-,40-,41-,42-/m0/s1. The first-order valence-corrected chi connectivity index (χ1v) is 26.5. The number of phenols is 1. The summed E-state index contributed by atoms with van der Waals surface area (Å²) in [5.74, 6) is -9.33. The van der Waals surface area contributed by atoms with Gasteiger partial charge in [-0.25, -0.2) is 0 Å². The molecule has 27 nitrogen and oxygen atoms in total. The van der Waals surface area contributed by atoms with Gasteiger partial charge in [0.1, 0.15) is 48.0 Å². The number of primary amides is 2. The number of carbonyl (C=O) groups is 11. The number of aliphatic imine (C=N–C) groups is 1. The predicted molar refractivity (Wildman–Crippen MR) is 294 cm³/mol. The van der Waals surface area contributed by atoms with E-state index in [1.807, 2.05) is 0 Å². The lowest BCUT2D eigenvalue weighted by Crippen LogP contribution is -2.60. The first kappa shape index (κ1) is 62.7. The Kier molecular flexibility index (Phi) is 23.9. The molecule has 0 radical (unpaired) electrons. The van der Waals surface area contributed by atoms with Crippen LogP contribution in [0.3, 0.4) is 0 Å². The Hall–Kier alpha value is -9.14. The summed E-state index contributed by atoms with van der Waals surface area (Å²) in [6, 6.07) is 12.4. The van der Waals surface area contributed by atoms with Gasteiger partial charge >= 0.3 is 0 Å². The maximum Gasteiger partial charge on any atom is 0.246 e. The van der Waals surface area contributed by atoms with Crippen molar-refractivity contribution in [3.63, 3.8) is 0 Å². The fourth-order valence-corrected chi connectivity index (χ4v) is 9.15. The molecule has 11 amide bonds. The molecule has 18 N–H and O–H groups in total. The Morgan fingerprint density at radius 1 is 0.728 bits per heavy atom. The molecule has 0 unspecified atom stereocenters. The highest BCUT2D eigenvalue weighted by atomic mass is 16.3. The Bertz CT molecular complexity index is 2750. The van der Waals surface area contributed by atoms with Crippen LogP contribution in [0, 0.1) is 0 Å². The van der Waals surface area contributed by atoms with Gasteiger partial charge in [0.05, 0.1) is 19.0 Å².